The first-order valence-electron chi connectivity index (χ1n) is 8.89. The first kappa shape index (κ1) is 17.7. The standard InChI is InChI=1S/C21H18BrN3O2/c1-13-11-25(19-6-5-16(22)9-18(13)19)21(27)15-8-20(26)24(12-15)17-4-2-3-14(7-17)10-23/h2-7,9,13,15H,8,11-12H2,1H3/t13?,15-/m0/s1. The van der Waals surface area contributed by atoms with Crippen LogP contribution < -0.4 is 9.80 Å². The Hall–Kier alpha value is -2.65. The van der Waals surface area contributed by atoms with Crippen molar-refractivity contribution in [2.24, 2.45) is 5.92 Å². The number of benzene rings is 2. The second-order valence-electron chi connectivity index (χ2n) is 7.12. The number of nitriles is 1. The molecule has 2 atom stereocenters. The van der Waals surface area contributed by atoms with Crippen LogP contribution in [0.3, 0.4) is 0 Å². The minimum atomic E-state index is -0.370. The monoisotopic (exact) mass is 423 g/mol. The first-order chi connectivity index (χ1) is 13.0. The lowest BCUT2D eigenvalue weighted by Gasteiger charge is -2.22. The van der Waals surface area contributed by atoms with Crippen molar-refractivity contribution in [3.63, 3.8) is 0 Å². The first-order valence-corrected chi connectivity index (χ1v) is 9.68. The number of rotatable bonds is 2. The Kier molecular flexibility index (Phi) is 4.48. The number of carbonyl (C=O) groups is 2. The Labute approximate surface area is 166 Å². The Morgan fingerprint density at radius 1 is 1.22 bits per heavy atom. The molecule has 2 aromatic carbocycles. The highest BCUT2D eigenvalue weighted by atomic mass is 79.9. The third-order valence-corrected chi connectivity index (χ3v) is 5.79. The fourth-order valence-corrected chi connectivity index (χ4v) is 4.31. The van der Waals surface area contributed by atoms with Crippen molar-refractivity contribution in [2.75, 3.05) is 22.9 Å². The molecule has 5 nitrogen and oxygen atoms in total. The van der Waals surface area contributed by atoms with Gasteiger partial charge in [-0.1, -0.05) is 28.9 Å². The van der Waals surface area contributed by atoms with Gasteiger partial charge in [0.2, 0.25) is 11.8 Å². The molecule has 0 radical (unpaired) electrons. The molecule has 1 saturated heterocycles. The topological polar surface area (TPSA) is 64.4 Å². The van der Waals surface area contributed by atoms with E-state index in [9.17, 15) is 9.59 Å². The van der Waals surface area contributed by atoms with E-state index in [-0.39, 0.29) is 30.1 Å². The predicted octanol–water partition coefficient (Wildman–Crippen LogP) is 3.82. The fourth-order valence-electron chi connectivity index (χ4n) is 3.93. The molecule has 2 aromatic rings. The quantitative estimate of drug-likeness (QED) is 0.736. The molecule has 2 heterocycles. The molecule has 2 aliphatic rings. The number of amides is 2. The lowest BCUT2D eigenvalue weighted by Crippen LogP contribution is -2.36. The molecule has 6 heteroatoms. The average molecular weight is 424 g/mol. The minimum absolute atomic E-state index is 0.00443. The number of hydrogen-bond acceptors (Lipinski definition) is 3. The summed E-state index contributed by atoms with van der Waals surface area (Å²) in [6.07, 6.45) is 0.201. The Morgan fingerprint density at radius 2 is 2.04 bits per heavy atom. The van der Waals surface area contributed by atoms with E-state index in [0.717, 1.165) is 15.7 Å². The van der Waals surface area contributed by atoms with E-state index in [2.05, 4.69) is 35.0 Å². The molecule has 2 aliphatic heterocycles. The van der Waals surface area contributed by atoms with Crippen LogP contribution in [0, 0.1) is 17.2 Å². The van der Waals surface area contributed by atoms with Crippen molar-refractivity contribution in [3.8, 4) is 6.07 Å². The van der Waals surface area contributed by atoms with E-state index in [1.165, 1.54) is 0 Å². The normalized spacial score (nSPS) is 21.3. The number of halogens is 1. The molecule has 0 N–H and O–H groups in total. The zero-order valence-corrected chi connectivity index (χ0v) is 16.4. The van der Waals surface area contributed by atoms with Gasteiger partial charge >= 0.3 is 0 Å². The number of anilines is 2. The van der Waals surface area contributed by atoms with E-state index < -0.39 is 0 Å². The maximum Gasteiger partial charge on any atom is 0.232 e. The van der Waals surface area contributed by atoms with Gasteiger partial charge in [-0.3, -0.25) is 9.59 Å². The largest absolute Gasteiger partial charge is 0.312 e. The van der Waals surface area contributed by atoms with Crippen LogP contribution >= 0.6 is 15.9 Å². The zero-order valence-electron chi connectivity index (χ0n) is 14.9. The second kappa shape index (κ2) is 6.82. The molecule has 27 heavy (non-hydrogen) atoms. The van der Waals surface area contributed by atoms with Crippen molar-refractivity contribution in [2.45, 2.75) is 19.3 Å². The molecule has 1 fully saturated rings. The van der Waals surface area contributed by atoms with Crippen LogP contribution in [0.15, 0.2) is 46.9 Å². The molecule has 0 bridgehead atoms. The summed E-state index contributed by atoms with van der Waals surface area (Å²) >= 11 is 3.49. The summed E-state index contributed by atoms with van der Waals surface area (Å²) in [5, 5.41) is 9.07. The summed E-state index contributed by atoms with van der Waals surface area (Å²) in [6, 6.07) is 15.0. The Morgan fingerprint density at radius 3 is 2.81 bits per heavy atom. The smallest absolute Gasteiger partial charge is 0.232 e. The molecule has 0 saturated carbocycles. The van der Waals surface area contributed by atoms with Gasteiger partial charge in [0.05, 0.1) is 17.6 Å². The van der Waals surface area contributed by atoms with Gasteiger partial charge in [0.25, 0.3) is 0 Å². The fraction of sp³-hybridized carbons (Fsp3) is 0.286. The van der Waals surface area contributed by atoms with Crippen molar-refractivity contribution in [1.29, 1.82) is 5.26 Å². The van der Waals surface area contributed by atoms with Crippen LogP contribution in [0.5, 0.6) is 0 Å². The van der Waals surface area contributed by atoms with Crippen LogP contribution in [0.1, 0.15) is 30.4 Å². The molecule has 4 rings (SSSR count). The molecule has 1 unspecified atom stereocenters. The van der Waals surface area contributed by atoms with Crippen LogP contribution in [-0.2, 0) is 9.59 Å². The Balaban J connectivity index is 1.56. The summed E-state index contributed by atoms with van der Waals surface area (Å²) in [5.41, 5.74) is 3.27. The third-order valence-electron chi connectivity index (χ3n) is 5.29. The van der Waals surface area contributed by atoms with Crippen LogP contribution in [0.25, 0.3) is 0 Å². The third kappa shape index (κ3) is 3.13. The van der Waals surface area contributed by atoms with E-state index in [1.54, 1.807) is 29.2 Å². The lowest BCUT2D eigenvalue weighted by molar-refractivity contribution is -0.124. The van der Waals surface area contributed by atoms with Crippen LogP contribution in [0.4, 0.5) is 11.4 Å². The van der Waals surface area contributed by atoms with Gasteiger partial charge in [0, 0.05) is 41.3 Å². The average Bonchev–Trinajstić information content (AvgIpc) is 3.21. The highest BCUT2D eigenvalue weighted by molar-refractivity contribution is 9.10. The number of fused-ring (bicyclic) bond motifs is 1. The molecule has 136 valence electrons. The molecular formula is C21H18BrN3O2. The second-order valence-corrected chi connectivity index (χ2v) is 8.04. The van der Waals surface area contributed by atoms with Crippen molar-refractivity contribution in [1.82, 2.24) is 0 Å². The maximum absolute atomic E-state index is 13.2. The van der Waals surface area contributed by atoms with E-state index in [4.69, 9.17) is 5.26 Å². The summed E-state index contributed by atoms with van der Waals surface area (Å²) in [5.74, 6) is -0.186. The predicted molar refractivity (Wildman–Crippen MR) is 107 cm³/mol. The molecule has 0 spiro atoms. The molecular weight excluding hydrogens is 406 g/mol. The summed E-state index contributed by atoms with van der Waals surface area (Å²) < 4.78 is 1.00. The number of nitrogens with zero attached hydrogens (tertiary/aromatic N) is 3. The van der Waals surface area contributed by atoms with Crippen molar-refractivity contribution < 1.29 is 9.59 Å². The lowest BCUT2D eigenvalue weighted by atomic mass is 10.0. The van der Waals surface area contributed by atoms with Gasteiger partial charge in [-0.2, -0.15) is 5.26 Å². The Bertz CT molecular complexity index is 982. The van der Waals surface area contributed by atoms with Gasteiger partial charge in [-0.15, -0.1) is 0 Å². The van der Waals surface area contributed by atoms with E-state index >= 15 is 0 Å². The van der Waals surface area contributed by atoms with Crippen LogP contribution in [-0.4, -0.2) is 24.9 Å². The van der Waals surface area contributed by atoms with Gasteiger partial charge < -0.3 is 9.80 Å². The van der Waals surface area contributed by atoms with E-state index in [1.807, 2.05) is 17.0 Å². The van der Waals surface area contributed by atoms with Crippen molar-refractivity contribution >= 4 is 39.1 Å². The van der Waals surface area contributed by atoms with Crippen LogP contribution in [0.2, 0.25) is 0 Å². The van der Waals surface area contributed by atoms with Gasteiger partial charge in [0.1, 0.15) is 0 Å². The molecule has 0 aliphatic carbocycles. The zero-order chi connectivity index (χ0) is 19.1. The minimum Gasteiger partial charge on any atom is -0.312 e. The van der Waals surface area contributed by atoms with Gasteiger partial charge in [-0.05, 0) is 42.0 Å². The summed E-state index contributed by atoms with van der Waals surface area (Å²) in [7, 11) is 0. The SMILES string of the molecule is CC1CN(C(=O)[C@H]2CC(=O)N(c3cccc(C#N)c3)C2)c2ccc(Br)cc21. The van der Waals surface area contributed by atoms with Crippen molar-refractivity contribution in [3.05, 3.63) is 58.1 Å². The maximum atomic E-state index is 13.2. The highest BCUT2D eigenvalue weighted by Gasteiger charge is 2.40. The summed E-state index contributed by atoms with van der Waals surface area (Å²) in [4.78, 5) is 29.1. The van der Waals surface area contributed by atoms with Gasteiger partial charge in [0.15, 0.2) is 0 Å². The molecule has 0 aromatic heterocycles. The highest BCUT2D eigenvalue weighted by Crippen LogP contribution is 2.39. The van der Waals surface area contributed by atoms with E-state index in [0.29, 0.717) is 24.3 Å². The molecule has 2 amide bonds. The number of hydrogen-bond donors (Lipinski definition) is 0. The summed E-state index contributed by atoms with van der Waals surface area (Å²) in [6.45, 7) is 3.10. The number of carbonyl (C=O) groups excluding carboxylic acids is 2. The van der Waals surface area contributed by atoms with Gasteiger partial charge in [-0.25, -0.2) is 0 Å².